The highest BCUT2D eigenvalue weighted by Crippen LogP contribution is 2.56. The average molecular weight is 1340 g/mol. The van der Waals surface area contributed by atoms with Crippen molar-refractivity contribution in [2.75, 3.05) is 9.80 Å². The summed E-state index contributed by atoms with van der Waals surface area (Å²) in [5.41, 5.74) is 31.7. The average Bonchev–Trinajstić information content (AvgIpc) is 0.731. The molecule has 104 heavy (non-hydrogen) atoms. The van der Waals surface area contributed by atoms with Crippen LogP contribution < -0.4 is 26.2 Å². The number of para-hydroxylation sites is 2. The number of benzene rings is 14. The van der Waals surface area contributed by atoms with Gasteiger partial charge < -0.3 is 14.4 Å². The van der Waals surface area contributed by atoms with E-state index in [0.717, 1.165) is 129 Å². The Labute approximate surface area is 611 Å². The molecule has 1 aromatic heterocycles. The molecule has 2 aliphatic rings. The highest BCUT2D eigenvalue weighted by molar-refractivity contribution is 7.00. The Hall–Kier alpha value is -12.5. The minimum absolute atomic E-state index is 0.129. The summed E-state index contributed by atoms with van der Waals surface area (Å²) in [7, 11) is 0. The molecule has 14 aromatic carbocycles. The molecule has 3 heterocycles. The summed E-state index contributed by atoms with van der Waals surface area (Å²) in [6.07, 6.45) is 0. The fraction of sp³-hybridized carbons (Fsp3) is 0.122. The van der Waals surface area contributed by atoms with Crippen molar-refractivity contribution in [1.29, 1.82) is 10.5 Å². The quantitative estimate of drug-likeness (QED) is 0.128. The van der Waals surface area contributed by atoms with Gasteiger partial charge in [-0.3, -0.25) is 0 Å². The number of aromatic nitrogens is 1. The summed E-state index contributed by atoms with van der Waals surface area (Å²) < 4.78 is 2.46. The maximum atomic E-state index is 11.0. The number of hydrogen-bond acceptors (Lipinski definition) is 4. The summed E-state index contributed by atoms with van der Waals surface area (Å²) in [6, 6.07) is 119. The van der Waals surface area contributed by atoms with Crippen molar-refractivity contribution in [2.45, 2.75) is 78.6 Å². The Morgan fingerprint density at radius 3 is 1.09 bits per heavy atom. The van der Waals surface area contributed by atoms with E-state index in [4.69, 9.17) is 0 Å². The number of nitrogens with zero attached hydrogens (tertiary/aromatic N) is 5. The van der Waals surface area contributed by atoms with Crippen molar-refractivity contribution in [2.24, 2.45) is 0 Å². The second kappa shape index (κ2) is 25.2. The highest BCUT2D eigenvalue weighted by atomic mass is 15.2. The third-order valence-electron chi connectivity index (χ3n) is 21.5. The van der Waals surface area contributed by atoms with E-state index in [9.17, 15) is 10.5 Å². The lowest BCUT2D eigenvalue weighted by molar-refractivity contribution is 0.569. The molecule has 0 spiro atoms. The van der Waals surface area contributed by atoms with Gasteiger partial charge >= 0.3 is 0 Å². The van der Waals surface area contributed by atoms with E-state index < -0.39 is 0 Å². The second-order valence-corrected chi connectivity index (χ2v) is 31.1. The Kier molecular flexibility index (Phi) is 15.7. The van der Waals surface area contributed by atoms with Crippen LogP contribution in [0.15, 0.2) is 309 Å². The third kappa shape index (κ3) is 11.1. The van der Waals surface area contributed by atoms with Gasteiger partial charge in [0.2, 0.25) is 0 Å². The van der Waals surface area contributed by atoms with Crippen molar-refractivity contribution in [3.05, 3.63) is 337 Å². The van der Waals surface area contributed by atoms with Gasteiger partial charge in [0.25, 0.3) is 6.71 Å². The largest absolute Gasteiger partial charge is 0.310 e. The van der Waals surface area contributed by atoms with Crippen LogP contribution in [0.4, 0.5) is 34.1 Å². The van der Waals surface area contributed by atoms with Gasteiger partial charge in [0.05, 0.1) is 45.7 Å². The van der Waals surface area contributed by atoms with Crippen molar-refractivity contribution >= 4 is 79.0 Å². The number of rotatable bonds is 10. The normalized spacial score (nSPS) is 12.6. The predicted molar refractivity (Wildman–Crippen MR) is 438 cm³/mol. The second-order valence-electron chi connectivity index (χ2n) is 31.1. The molecule has 17 rings (SSSR count). The lowest BCUT2D eigenvalue weighted by atomic mass is 9.33. The summed E-state index contributed by atoms with van der Waals surface area (Å²) in [4.78, 5) is 5.28. The molecule has 5 nitrogen and oxygen atoms in total. The van der Waals surface area contributed by atoms with Gasteiger partial charge in [-0.2, -0.15) is 10.5 Å². The molecule has 0 fully saturated rings. The molecule has 0 bridgehead atoms. The van der Waals surface area contributed by atoms with Gasteiger partial charge in [-0.15, -0.1) is 0 Å². The first-order chi connectivity index (χ1) is 50.4. The van der Waals surface area contributed by atoms with Crippen LogP contribution in [0.25, 0.3) is 105 Å². The van der Waals surface area contributed by atoms with Crippen LogP contribution in [-0.4, -0.2) is 11.3 Å². The number of fused-ring (bicyclic) bond motifs is 7. The molecule has 15 aromatic rings. The van der Waals surface area contributed by atoms with Crippen LogP contribution in [0.5, 0.6) is 0 Å². The highest BCUT2D eigenvalue weighted by Gasteiger charge is 2.46. The summed E-state index contributed by atoms with van der Waals surface area (Å²) >= 11 is 0. The first kappa shape index (κ1) is 64.9. The summed E-state index contributed by atoms with van der Waals surface area (Å²) in [5, 5.41) is 24.3. The van der Waals surface area contributed by atoms with E-state index in [2.05, 4.69) is 362 Å². The first-order valence-corrected chi connectivity index (χ1v) is 36.2. The monoisotopic (exact) mass is 1340 g/mol. The fourth-order valence-corrected chi connectivity index (χ4v) is 16.2. The SMILES string of the molecule is CC(C)(C)c1cc(-c2ccc3c(c2)B2c4ccc(-n5c6ccccc6c6ccccc65)cc4N(c4c(-c5ccccc5)cc(-c5ccccc5C#N)cc4-c4ccccc4)c4cc(C(C)(C)C)cc(c42)N3c2c(-c3ccccc3)cc(-c3ccccc3C#N)cc2-c2ccccc2)cc(C(C)(C)C)c1. The number of anilines is 6. The standard InChI is InChI=1S/C98H78BN5/c1-96(2,3)73-50-70(51-74(57-73)97(4,5)6)67-46-49-89-86(56-67)99-85-48-47-76(102-87-44-28-26-42-79(87)80-43-27-29-45-88(80)102)60-90(85)104(95-83(65-34-18-12-19-35-65)54-72(78-41-25-23-39-69(78)62-101)55-84(95)66-36-20-13-21-37-66)92-59-75(98(7,8)9)58-91(93(92)99)103(89)94-81(63-30-14-10-15-31-63)52-71(77-40-24-22-38-68(77)61-100)53-82(94)64-32-16-11-17-33-64/h10-60H,1-9H3. The molecule has 2 aliphatic heterocycles. The van der Waals surface area contributed by atoms with Crippen LogP contribution >= 0.6 is 0 Å². The van der Waals surface area contributed by atoms with E-state index in [-0.39, 0.29) is 23.0 Å². The molecule has 498 valence electrons. The predicted octanol–water partition coefficient (Wildman–Crippen LogP) is 24.2. The molecule has 0 amide bonds. The van der Waals surface area contributed by atoms with Crippen molar-refractivity contribution in [3.63, 3.8) is 0 Å². The van der Waals surface area contributed by atoms with Crippen LogP contribution in [0.1, 0.15) is 90.1 Å². The lowest BCUT2D eigenvalue weighted by Gasteiger charge is -2.46. The zero-order valence-electron chi connectivity index (χ0n) is 60.3. The van der Waals surface area contributed by atoms with E-state index in [0.29, 0.717) is 11.1 Å². The van der Waals surface area contributed by atoms with Gasteiger partial charge in [-0.25, -0.2) is 0 Å². The maximum absolute atomic E-state index is 11.0. The Balaban J connectivity index is 1.07. The molecule has 6 heteroatoms. The molecular weight excluding hydrogens is 1260 g/mol. The van der Waals surface area contributed by atoms with E-state index in [1.807, 2.05) is 36.4 Å². The van der Waals surface area contributed by atoms with Gasteiger partial charge in [0.15, 0.2) is 0 Å². The first-order valence-electron chi connectivity index (χ1n) is 36.2. The Morgan fingerprint density at radius 1 is 0.279 bits per heavy atom. The zero-order chi connectivity index (χ0) is 71.3. The Morgan fingerprint density at radius 2 is 0.663 bits per heavy atom. The fourth-order valence-electron chi connectivity index (χ4n) is 16.2. The van der Waals surface area contributed by atoms with Crippen LogP contribution in [0, 0.1) is 22.7 Å². The number of nitriles is 2. The van der Waals surface area contributed by atoms with Crippen molar-refractivity contribution in [3.8, 4) is 95.7 Å². The minimum atomic E-state index is -0.388. The number of hydrogen-bond donors (Lipinski definition) is 0. The van der Waals surface area contributed by atoms with Gasteiger partial charge in [-0.05, 0) is 184 Å². The molecular formula is C98H78BN5. The molecule has 0 unspecified atom stereocenters. The minimum Gasteiger partial charge on any atom is -0.310 e. The third-order valence-corrected chi connectivity index (χ3v) is 21.5. The summed E-state index contributed by atoms with van der Waals surface area (Å²) in [6.45, 7) is 20.7. The maximum Gasteiger partial charge on any atom is 0.252 e. The molecule has 0 N–H and O–H groups in total. The van der Waals surface area contributed by atoms with Crippen LogP contribution in [0.3, 0.4) is 0 Å². The molecule has 0 saturated carbocycles. The molecule has 0 aliphatic carbocycles. The smallest absolute Gasteiger partial charge is 0.252 e. The van der Waals surface area contributed by atoms with Crippen molar-refractivity contribution in [1.82, 2.24) is 4.57 Å². The van der Waals surface area contributed by atoms with Crippen molar-refractivity contribution < 1.29 is 0 Å². The topological polar surface area (TPSA) is 59.0 Å². The lowest BCUT2D eigenvalue weighted by Crippen LogP contribution is -2.61. The molecule has 0 atom stereocenters. The van der Waals surface area contributed by atoms with Crippen LogP contribution in [-0.2, 0) is 16.2 Å². The van der Waals surface area contributed by atoms with E-state index in [1.54, 1.807) is 0 Å². The zero-order valence-corrected chi connectivity index (χ0v) is 60.3. The van der Waals surface area contributed by atoms with Gasteiger partial charge in [0.1, 0.15) is 0 Å². The molecule has 0 radical (unpaired) electrons. The molecule has 0 saturated heterocycles. The van der Waals surface area contributed by atoms with Crippen LogP contribution in [0.2, 0.25) is 0 Å². The Bertz CT molecular complexity index is 5800. The van der Waals surface area contributed by atoms with Gasteiger partial charge in [0, 0.05) is 61.5 Å². The van der Waals surface area contributed by atoms with E-state index in [1.165, 1.54) is 44.0 Å². The van der Waals surface area contributed by atoms with Gasteiger partial charge in [-0.1, -0.05) is 293 Å². The summed E-state index contributed by atoms with van der Waals surface area (Å²) in [5.74, 6) is 0. The van der Waals surface area contributed by atoms with E-state index >= 15 is 0 Å².